The van der Waals surface area contributed by atoms with Gasteiger partial charge in [-0.1, -0.05) is 0 Å². The van der Waals surface area contributed by atoms with Crippen LogP contribution in [0, 0.1) is 0 Å². The lowest BCUT2D eigenvalue weighted by molar-refractivity contribution is -0.117. The normalized spacial score (nSPS) is 19.6. The van der Waals surface area contributed by atoms with Crippen molar-refractivity contribution in [2.24, 2.45) is 0 Å². The molecule has 5 rings (SSSR count). The third-order valence-electron chi connectivity index (χ3n) is 4.93. The Morgan fingerprint density at radius 3 is 2.54 bits per heavy atom. The van der Waals surface area contributed by atoms with Crippen LogP contribution in [0.2, 0.25) is 0 Å². The second kappa shape index (κ2) is 6.63. The summed E-state index contributed by atoms with van der Waals surface area (Å²) in [7, 11) is 0. The van der Waals surface area contributed by atoms with Crippen molar-refractivity contribution in [3.8, 4) is 23.0 Å². The van der Waals surface area contributed by atoms with Crippen LogP contribution in [0.3, 0.4) is 0 Å². The van der Waals surface area contributed by atoms with Crippen LogP contribution in [-0.4, -0.2) is 44.4 Å². The molecule has 0 aliphatic carbocycles. The molecule has 144 valence electrons. The van der Waals surface area contributed by atoms with E-state index in [0.717, 1.165) is 5.69 Å². The van der Waals surface area contributed by atoms with E-state index in [4.69, 9.17) is 18.9 Å². The number of ether oxygens (including phenoxy) is 4. The molecule has 1 unspecified atom stereocenters. The number of amides is 2. The highest BCUT2D eigenvalue weighted by atomic mass is 16.7. The van der Waals surface area contributed by atoms with E-state index in [9.17, 15) is 9.59 Å². The highest BCUT2D eigenvalue weighted by Gasteiger charge is 2.32. The molecule has 0 bridgehead atoms. The predicted octanol–water partition coefficient (Wildman–Crippen LogP) is 1.72. The van der Waals surface area contributed by atoms with Crippen molar-refractivity contribution in [3.05, 3.63) is 42.0 Å². The summed E-state index contributed by atoms with van der Waals surface area (Å²) in [6, 6.07) is 10.2. The van der Waals surface area contributed by atoms with Crippen LogP contribution in [0.1, 0.15) is 16.8 Å². The van der Waals surface area contributed by atoms with Crippen LogP contribution in [0.25, 0.3) is 0 Å². The summed E-state index contributed by atoms with van der Waals surface area (Å²) in [4.78, 5) is 26.7. The number of nitrogens with one attached hydrogen (secondary N) is 1. The number of hydrogen-bond donors (Lipinski definition) is 1. The lowest BCUT2D eigenvalue weighted by Crippen LogP contribution is -2.37. The summed E-state index contributed by atoms with van der Waals surface area (Å²) in [6.45, 7) is 1.55. The smallest absolute Gasteiger partial charge is 0.251 e. The first-order chi connectivity index (χ1) is 13.7. The maximum absolute atomic E-state index is 12.6. The molecule has 3 heterocycles. The Kier molecular flexibility index (Phi) is 3.96. The van der Waals surface area contributed by atoms with Crippen molar-refractivity contribution >= 4 is 17.5 Å². The standard InChI is InChI=1S/C20H18N2O6/c23-19-8-13(21-20(24)12-1-3-16-17(7-12)28-11-27-16)10-22(19)14-2-4-15-18(9-14)26-6-5-25-15/h1-4,7,9,13H,5-6,8,10-11H2,(H,21,24). The molecule has 0 aromatic heterocycles. The summed E-state index contributed by atoms with van der Waals surface area (Å²) in [5.74, 6) is 2.18. The van der Waals surface area contributed by atoms with Gasteiger partial charge in [0.25, 0.3) is 5.91 Å². The summed E-state index contributed by atoms with van der Waals surface area (Å²) in [5.41, 5.74) is 1.20. The SMILES string of the molecule is O=C(NC1CC(=O)N(c2ccc3c(c2)OCCO3)C1)c1ccc2c(c1)OCO2. The van der Waals surface area contributed by atoms with Gasteiger partial charge >= 0.3 is 0 Å². The monoisotopic (exact) mass is 382 g/mol. The van der Waals surface area contributed by atoms with Crippen LogP contribution in [0.5, 0.6) is 23.0 Å². The Bertz CT molecular complexity index is 960. The first-order valence-corrected chi connectivity index (χ1v) is 9.08. The van der Waals surface area contributed by atoms with Gasteiger partial charge in [-0.15, -0.1) is 0 Å². The zero-order valence-corrected chi connectivity index (χ0v) is 15.0. The zero-order chi connectivity index (χ0) is 19.1. The number of nitrogens with zero attached hydrogens (tertiary/aromatic N) is 1. The molecule has 3 aliphatic heterocycles. The maximum Gasteiger partial charge on any atom is 0.251 e. The highest BCUT2D eigenvalue weighted by molar-refractivity contribution is 5.99. The average molecular weight is 382 g/mol. The van der Waals surface area contributed by atoms with Crippen LogP contribution in [0.4, 0.5) is 5.69 Å². The molecule has 1 saturated heterocycles. The van der Waals surface area contributed by atoms with Gasteiger partial charge in [-0.05, 0) is 30.3 Å². The van der Waals surface area contributed by atoms with E-state index in [2.05, 4.69) is 5.32 Å². The largest absolute Gasteiger partial charge is 0.486 e. The molecule has 8 heteroatoms. The van der Waals surface area contributed by atoms with E-state index >= 15 is 0 Å². The van der Waals surface area contributed by atoms with Crippen LogP contribution >= 0.6 is 0 Å². The van der Waals surface area contributed by atoms with Crippen molar-refractivity contribution in [2.45, 2.75) is 12.5 Å². The number of carbonyl (C=O) groups is 2. The van der Waals surface area contributed by atoms with E-state index in [0.29, 0.717) is 48.3 Å². The number of benzene rings is 2. The minimum Gasteiger partial charge on any atom is -0.486 e. The van der Waals surface area contributed by atoms with Gasteiger partial charge in [-0.25, -0.2) is 0 Å². The van der Waals surface area contributed by atoms with Crippen molar-refractivity contribution in [3.63, 3.8) is 0 Å². The van der Waals surface area contributed by atoms with Gasteiger partial charge in [0.15, 0.2) is 23.0 Å². The fourth-order valence-electron chi connectivity index (χ4n) is 3.56. The molecule has 3 aliphatic rings. The fraction of sp³-hybridized carbons (Fsp3) is 0.300. The molecule has 28 heavy (non-hydrogen) atoms. The summed E-state index contributed by atoms with van der Waals surface area (Å²) >= 11 is 0. The van der Waals surface area contributed by atoms with Crippen LogP contribution in [0.15, 0.2) is 36.4 Å². The summed E-state index contributed by atoms with van der Waals surface area (Å²) in [6.07, 6.45) is 0.241. The van der Waals surface area contributed by atoms with E-state index < -0.39 is 0 Å². The van der Waals surface area contributed by atoms with Crippen molar-refractivity contribution in [1.82, 2.24) is 5.32 Å². The van der Waals surface area contributed by atoms with Crippen molar-refractivity contribution < 1.29 is 28.5 Å². The van der Waals surface area contributed by atoms with E-state index in [-0.39, 0.29) is 31.1 Å². The molecule has 1 N–H and O–H groups in total. The van der Waals surface area contributed by atoms with Gasteiger partial charge in [0, 0.05) is 30.3 Å². The van der Waals surface area contributed by atoms with Crippen molar-refractivity contribution in [1.29, 1.82) is 0 Å². The lowest BCUT2D eigenvalue weighted by atomic mass is 10.1. The third kappa shape index (κ3) is 2.96. The lowest BCUT2D eigenvalue weighted by Gasteiger charge is -2.22. The summed E-state index contributed by atoms with van der Waals surface area (Å²) in [5, 5.41) is 2.93. The average Bonchev–Trinajstić information content (AvgIpc) is 3.33. The van der Waals surface area contributed by atoms with Gasteiger partial charge in [0.05, 0.1) is 6.04 Å². The highest BCUT2D eigenvalue weighted by Crippen LogP contribution is 2.35. The molecule has 1 atom stereocenters. The molecule has 0 spiro atoms. The molecule has 2 amide bonds. The minimum atomic E-state index is -0.279. The Morgan fingerprint density at radius 1 is 0.929 bits per heavy atom. The van der Waals surface area contributed by atoms with E-state index in [1.165, 1.54) is 0 Å². The first-order valence-electron chi connectivity index (χ1n) is 9.08. The van der Waals surface area contributed by atoms with Crippen molar-refractivity contribution in [2.75, 3.05) is 31.5 Å². The second-order valence-corrected chi connectivity index (χ2v) is 6.77. The number of carbonyl (C=O) groups excluding carboxylic acids is 2. The second-order valence-electron chi connectivity index (χ2n) is 6.77. The number of fused-ring (bicyclic) bond motifs is 2. The molecule has 0 saturated carbocycles. The molecule has 0 radical (unpaired) electrons. The minimum absolute atomic E-state index is 0.0485. The Balaban J connectivity index is 1.28. The molecule has 1 fully saturated rings. The zero-order valence-electron chi connectivity index (χ0n) is 15.0. The quantitative estimate of drug-likeness (QED) is 0.870. The van der Waals surface area contributed by atoms with Gasteiger partial charge in [0.1, 0.15) is 13.2 Å². The molecular weight excluding hydrogens is 364 g/mol. The number of rotatable bonds is 3. The Morgan fingerprint density at radius 2 is 1.64 bits per heavy atom. The predicted molar refractivity (Wildman–Crippen MR) is 98.2 cm³/mol. The van der Waals surface area contributed by atoms with Crippen LogP contribution < -0.4 is 29.2 Å². The molecule has 2 aromatic carbocycles. The van der Waals surface area contributed by atoms with Gasteiger partial charge in [-0.2, -0.15) is 0 Å². The number of hydrogen-bond acceptors (Lipinski definition) is 6. The Labute approximate surface area is 160 Å². The Hall–Kier alpha value is -3.42. The van der Waals surface area contributed by atoms with Crippen LogP contribution in [-0.2, 0) is 4.79 Å². The molecular formula is C20H18N2O6. The fourth-order valence-corrected chi connectivity index (χ4v) is 3.56. The van der Waals surface area contributed by atoms with Gasteiger partial charge in [-0.3, -0.25) is 9.59 Å². The third-order valence-corrected chi connectivity index (χ3v) is 4.93. The van der Waals surface area contributed by atoms with E-state index in [1.54, 1.807) is 35.2 Å². The van der Waals surface area contributed by atoms with Gasteiger partial charge < -0.3 is 29.2 Å². The first kappa shape index (κ1) is 16.7. The topological polar surface area (TPSA) is 86.3 Å². The summed E-state index contributed by atoms with van der Waals surface area (Å²) < 4.78 is 21.7. The molecule has 8 nitrogen and oxygen atoms in total. The van der Waals surface area contributed by atoms with Gasteiger partial charge in [0.2, 0.25) is 12.7 Å². The van der Waals surface area contributed by atoms with E-state index in [1.807, 2.05) is 6.07 Å². The maximum atomic E-state index is 12.6. The molecule has 2 aromatic rings. The number of anilines is 1.